The lowest BCUT2D eigenvalue weighted by atomic mass is 10.1. The van der Waals surface area contributed by atoms with Crippen LogP contribution in [0.5, 0.6) is 17.2 Å². The molecule has 0 fully saturated rings. The number of aromatic nitrogens is 1. The molecule has 0 saturated heterocycles. The number of rotatable bonds is 15. The van der Waals surface area contributed by atoms with Crippen molar-refractivity contribution in [3.8, 4) is 17.2 Å². The van der Waals surface area contributed by atoms with E-state index in [9.17, 15) is 4.79 Å². The molecule has 30 heavy (non-hydrogen) atoms. The molecule has 0 unspecified atom stereocenters. The molecule has 168 valence electrons. The van der Waals surface area contributed by atoms with Crippen LogP contribution in [-0.2, 0) is 6.54 Å². The zero-order chi connectivity index (χ0) is 21.8. The Morgan fingerprint density at radius 1 is 0.800 bits per heavy atom. The lowest BCUT2D eigenvalue weighted by Gasteiger charge is -2.18. The van der Waals surface area contributed by atoms with Gasteiger partial charge in [0, 0.05) is 18.0 Å². The number of hydrogen-bond donors (Lipinski definition) is 0. The Balaban J connectivity index is 2.32. The topological polar surface area (TPSA) is 49.7 Å². The molecule has 1 aromatic heterocycles. The van der Waals surface area contributed by atoms with E-state index in [-0.39, 0.29) is 5.56 Å². The average Bonchev–Trinajstić information content (AvgIpc) is 2.77. The van der Waals surface area contributed by atoms with E-state index < -0.39 is 0 Å². The van der Waals surface area contributed by atoms with E-state index in [0.717, 1.165) is 42.3 Å². The number of fused-ring (bicyclic) bond motifs is 1. The van der Waals surface area contributed by atoms with Crippen LogP contribution in [-0.4, -0.2) is 25.4 Å². The van der Waals surface area contributed by atoms with Crippen LogP contribution in [0.25, 0.3) is 10.9 Å². The minimum absolute atomic E-state index is 0.114. The number of benzene rings is 1. The fourth-order valence-electron chi connectivity index (χ4n) is 3.81. The van der Waals surface area contributed by atoms with Crippen LogP contribution in [0.3, 0.4) is 0 Å². The SMILES string of the molecule is CCCCCCCCn1c(=O)c(OCCCCCC)c(OC)c2ccc(OC)cc21. The van der Waals surface area contributed by atoms with E-state index in [1.807, 2.05) is 22.8 Å². The van der Waals surface area contributed by atoms with E-state index in [0.29, 0.717) is 24.7 Å². The summed E-state index contributed by atoms with van der Waals surface area (Å²) in [4.78, 5) is 13.4. The van der Waals surface area contributed by atoms with Gasteiger partial charge in [-0.15, -0.1) is 0 Å². The summed E-state index contributed by atoms with van der Waals surface area (Å²) in [5.41, 5.74) is 0.722. The Morgan fingerprint density at radius 2 is 1.47 bits per heavy atom. The Hall–Kier alpha value is -2.17. The number of aryl methyl sites for hydroxylation is 1. The van der Waals surface area contributed by atoms with Crippen molar-refractivity contribution < 1.29 is 14.2 Å². The van der Waals surface area contributed by atoms with Crippen LogP contribution in [0.15, 0.2) is 23.0 Å². The van der Waals surface area contributed by atoms with Gasteiger partial charge in [0.15, 0.2) is 5.75 Å². The van der Waals surface area contributed by atoms with Gasteiger partial charge in [0.2, 0.25) is 5.75 Å². The second-order valence-electron chi connectivity index (χ2n) is 7.88. The van der Waals surface area contributed by atoms with E-state index >= 15 is 0 Å². The van der Waals surface area contributed by atoms with Crippen LogP contribution in [0.4, 0.5) is 0 Å². The summed E-state index contributed by atoms with van der Waals surface area (Å²) in [6.07, 6.45) is 11.5. The molecule has 0 aliphatic carbocycles. The molecule has 2 rings (SSSR count). The maximum Gasteiger partial charge on any atom is 0.297 e. The lowest BCUT2D eigenvalue weighted by Crippen LogP contribution is -2.24. The van der Waals surface area contributed by atoms with Crippen molar-refractivity contribution in [1.29, 1.82) is 0 Å². The van der Waals surface area contributed by atoms with Gasteiger partial charge in [0.25, 0.3) is 5.56 Å². The number of pyridine rings is 1. The smallest absolute Gasteiger partial charge is 0.297 e. The molecule has 5 nitrogen and oxygen atoms in total. The predicted molar refractivity (Wildman–Crippen MR) is 124 cm³/mol. The molecule has 0 saturated carbocycles. The largest absolute Gasteiger partial charge is 0.497 e. The van der Waals surface area contributed by atoms with E-state index in [2.05, 4.69) is 13.8 Å². The number of hydrogen-bond acceptors (Lipinski definition) is 4. The van der Waals surface area contributed by atoms with Crippen LogP contribution in [0.1, 0.15) is 78.1 Å². The standard InChI is InChI=1S/C25H39NO4/c1-5-7-9-11-12-13-17-26-22-19-20(28-3)15-16-21(22)23(29-4)24(25(26)27)30-18-14-10-8-6-2/h15-16,19H,5-14,17-18H2,1-4H3. The fraction of sp³-hybridized carbons (Fsp3) is 0.640. The highest BCUT2D eigenvalue weighted by Crippen LogP contribution is 2.34. The molecule has 0 bridgehead atoms. The van der Waals surface area contributed by atoms with E-state index in [1.165, 1.54) is 38.5 Å². The van der Waals surface area contributed by atoms with Crippen molar-refractivity contribution in [1.82, 2.24) is 4.57 Å². The van der Waals surface area contributed by atoms with E-state index in [1.54, 1.807) is 14.2 Å². The number of ether oxygens (including phenoxy) is 3. The summed E-state index contributed by atoms with van der Waals surface area (Å²) in [5, 5.41) is 0.882. The Kier molecular flexibility index (Phi) is 10.6. The van der Waals surface area contributed by atoms with Crippen LogP contribution in [0, 0.1) is 0 Å². The minimum atomic E-state index is -0.114. The van der Waals surface area contributed by atoms with Gasteiger partial charge in [-0.2, -0.15) is 0 Å². The van der Waals surface area contributed by atoms with Crippen molar-refractivity contribution in [3.63, 3.8) is 0 Å². The molecule has 0 amide bonds. The Labute approximate surface area is 181 Å². The fourth-order valence-corrected chi connectivity index (χ4v) is 3.81. The van der Waals surface area contributed by atoms with Crippen molar-refractivity contribution in [2.45, 2.75) is 84.6 Å². The quantitative estimate of drug-likeness (QED) is 0.317. The molecule has 0 aliphatic rings. The molecule has 5 heteroatoms. The minimum Gasteiger partial charge on any atom is -0.497 e. The van der Waals surface area contributed by atoms with Gasteiger partial charge >= 0.3 is 0 Å². The lowest BCUT2D eigenvalue weighted by molar-refractivity contribution is 0.280. The second kappa shape index (κ2) is 13.2. The number of methoxy groups -OCH3 is 2. The molecule has 0 radical (unpaired) electrons. The highest BCUT2D eigenvalue weighted by molar-refractivity contribution is 5.89. The first-order valence-electron chi connectivity index (χ1n) is 11.6. The number of nitrogens with zero attached hydrogens (tertiary/aromatic N) is 1. The first kappa shape index (κ1) is 24.1. The monoisotopic (exact) mass is 417 g/mol. The molecular weight excluding hydrogens is 378 g/mol. The van der Waals surface area contributed by atoms with Gasteiger partial charge in [-0.25, -0.2) is 0 Å². The van der Waals surface area contributed by atoms with E-state index in [4.69, 9.17) is 14.2 Å². The third kappa shape index (κ3) is 6.41. The molecular formula is C25H39NO4. The van der Waals surface area contributed by atoms with Crippen molar-refractivity contribution in [2.24, 2.45) is 0 Å². The number of unbranched alkanes of at least 4 members (excludes halogenated alkanes) is 8. The Bertz CT molecular complexity index is 828. The molecule has 0 spiro atoms. The van der Waals surface area contributed by atoms with Crippen molar-refractivity contribution in [2.75, 3.05) is 20.8 Å². The van der Waals surface area contributed by atoms with Gasteiger partial charge < -0.3 is 18.8 Å². The zero-order valence-corrected chi connectivity index (χ0v) is 19.3. The highest BCUT2D eigenvalue weighted by atomic mass is 16.5. The maximum absolute atomic E-state index is 13.4. The predicted octanol–water partition coefficient (Wildman–Crippen LogP) is 6.34. The van der Waals surface area contributed by atoms with Crippen LogP contribution < -0.4 is 19.8 Å². The van der Waals surface area contributed by atoms with Gasteiger partial charge in [0.05, 0.1) is 26.3 Å². The summed E-state index contributed by atoms with van der Waals surface area (Å²) < 4.78 is 18.9. The molecule has 2 aromatic rings. The maximum atomic E-state index is 13.4. The summed E-state index contributed by atoms with van der Waals surface area (Å²) in [6.45, 7) is 5.61. The molecule has 0 N–H and O–H groups in total. The average molecular weight is 418 g/mol. The first-order valence-corrected chi connectivity index (χ1v) is 11.6. The highest BCUT2D eigenvalue weighted by Gasteiger charge is 2.19. The zero-order valence-electron chi connectivity index (χ0n) is 19.3. The van der Waals surface area contributed by atoms with Gasteiger partial charge in [-0.1, -0.05) is 65.2 Å². The van der Waals surface area contributed by atoms with Crippen molar-refractivity contribution >= 4 is 10.9 Å². The summed E-state index contributed by atoms with van der Waals surface area (Å²) in [5.74, 6) is 1.58. The summed E-state index contributed by atoms with van der Waals surface area (Å²) in [7, 11) is 3.24. The summed E-state index contributed by atoms with van der Waals surface area (Å²) >= 11 is 0. The summed E-state index contributed by atoms with van der Waals surface area (Å²) in [6, 6.07) is 5.77. The van der Waals surface area contributed by atoms with Gasteiger partial charge in [-0.3, -0.25) is 4.79 Å². The van der Waals surface area contributed by atoms with Crippen LogP contribution in [0.2, 0.25) is 0 Å². The van der Waals surface area contributed by atoms with Gasteiger partial charge in [-0.05, 0) is 25.0 Å². The van der Waals surface area contributed by atoms with Crippen molar-refractivity contribution in [3.05, 3.63) is 28.6 Å². The Morgan fingerprint density at radius 3 is 2.13 bits per heavy atom. The third-order valence-corrected chi connectivity index (χ3v) is 5.57. The van der Waals surface area contributed by atoms with Gasteiger partial charge in [0.1, 0.15) is 5.75 Å². The molecule has 0 atom stereocenters. The molecule has 1 heterocycles. The molecule has 0 aliphatic heterocycles. The third-order valence-electron chi connectivity index (χ3n) is 5.57. The normalized spacial score (nSPS) is 11.1. The first-order chi connectivity index (χ1) is 14.7. The molecule has 1 aromatic carbocycles. The van der Waals surface area contributed by atoms with Crippen LogP contribution >= 0.6 is 0 Å². The second-order valence-corrected chi connectivity index (χ2v) is 7.88.